The first-order valence-corrected chi connectivity index (χ1v) is 6.61. The summed E-state index contributed by atoms with van der Waals surface area (Å²) in [5, 5.41) is 5.76. The van der Waals surface area contributed by atoms with Gasteiger partial charge in [-0.1, -0.05) is 0 Å². The Morgan fingerprint density at radius 3 is 2.48 bits per heavy atom. The highest BCUT2D eigenvalue weighted by atomic mass is 19.4. The summed E-state index contributed by atoms with van der Waals surface area (Å²) in [7, 11) is 0. The normalized spacial score (nSPS) is 18.3. The van der Waals surface area contributed by atoms with Crippen LogP contribution in [0.4, 0.5) is 17.6 Å². The molecule has 1 aliphatic heterocycles. The number of nitrogens with one attached hydrogen (secondary N) is 2. The van der Waals surface area contributed by atoms with Crippen LogP contribution in [0.25, 0.3) is 0 Å². The van der Waals surface area contributed by atoms with E-state index in [2.05, 4.69) is 10.6 Å². The molecular weight excluding hydrogens is 288 g/mol. The second-order valence-corrected chi connectivity index (χ2v) is 5.46. The van der Waals surface area contributed by atoms with Crippen LogP contribution in [0.3, 0.4) is 0 Å². The maximum Gasteiger partial charge on any atom is 0.416 e. The van der Waals surface area contributed by atoms with E-state index in [4.69, 9.17) is 0 Å². The van der Waals surface area contributed by atoms with E-state index in [0.717, 1.165) is 0 Å². The smallest absolute Gasteiger partial charge is 0.347 e. The predicted molar refractivity (Wildman–Crippen MR) is 69.4 cm³/mol. The van der Waals surface area contributed by atoms with Crippen LogP contribution in [0.15, 0.2) is 18.2 Å². The number of halogens is 4. The standard InChI is InChI=1S/C14H16F4N2O/c1-13(4-6-19-7-5-13)20-12(21)10-8-9(14(16,17)18)2-3-11(10)15/h2-3,8,19H,4-7H2,1H3,(H,20,21). The molecule has 1 fully saturated rings. The molecule has 0 atom stereocenters. The summed E-state index contributed by atoms with van der Waals surface area (Å²) in [6.07, 6.45) is -3.33. The second kappa shape index (κ2) is 5.63. The Labute approximate surface area is 119 Å². The molecule has 0 bridgehead atoms. The fraction of sp³-hybridized carbons (Fsp3) is 0.500. The fourth-order valence-corrected chi connectivity index (χ4v) is 2.32. The van der Waals surface area contributed by atoms with Gasteiger partial charge in [0.25, 0.3) is 5.91 Å². The van der Waals surface area contributed by atoms with Crippen molar-refractivity contribution in [2.24, 2.45) is 0 Å². The van der Waals surface area contributed by atoms with Crippen molar-refractivity contribution >= 4 is 5.91 Å². The minimum Gasteiger partial charge on any atom is -0.347 e. The van der Waals surface area contributed by atoms with E-state index in [0.29, 0.717) is 44.1 Å². The van der Waals surface area contributed by atoms with Gasteiger partial charge in [0.05, 0.1) is 11.1 Å². The predicted octanol–water partition coefficient (Wildman–Crippen LogP) is 2.72. The monoisotopic (exact) mass is 304 g/mol. The lowest BCUT2D eigenvalue weighted by atomic mass is 9.90. The summed E-state index contributed by atoms with van der Waals surface area (Å²) in [4.78, 5) is 12.1. The van der Waals surface area contributed by atoms with Gasteiger partial charge >= 0.3 is 6.18 Å². The van der Waals surface area contributed by atoms with Gasteiger partial charge < -0.3 is 10.6 Å². The molecule has 1 saturated heterocycles. The second-order valence-electron chi connectivity index (χ2n) is 5.46. The minimum atomic E-state index is -4.61. The van der Waals surface area contributed by atoms with Crippen LogP contribution < -0.4 is 10.6 Å². The van der Waals surface area contributed by atoms with Crippen molar-refractivity contribution < 1.29 is 22.4 Å². The van der Waals surface area contributed by atoms with Crippen LogP contribution in [-0.4, -0.2) is 24.5 Å². The number of rotatable bonds is 2. The van der Waals surface area contributed by atoms with Crippen molar-refractivity contribution in [3.8, 4) is 0 Å². The van der Waals surface area contributed by atoms with E-state index in [1.54, 1.807) is 6.92 Å². The van der Waals surface area contributed by atoms with Gasteiger partial charge in [0.2, 0.25) is 0 Å². The highest BCUT2D eigenvalue weighted by Gasteiger charge is 2.33. The molecule has 0 aromatic heterocycles. The van der Waals surface area contributed by atoms with Crippen molar-refractivity contribution in [2.75, 3.05) is 13.1 Å². The summed E-state index contributed by atoms with van der Waals surface area (Å²) in [5.41, 5.74) is -2.16. The molecule has 0 unspecified atom stereocenters. The Hall–Kier alpha value is -1.63. The van der Waals surface area contributed by atoms with E-state index in [-0.39, 0.29) is 0 Å². The van der Waals surface area contributed by atoms with E-state index in [1.807, 2.05) is 0 Å². The van der Waals surface area contributed by atoms with E-state index >= 15 is 0 Å². The average Bonchev–Trinajstić information content (AvgIpc) is 2.38. The number of benzene rings is 1. The van der Waals surface area contributed by atoms with E-state index in [9.17, 15) is 22.4 Å². The lowest BCUT2D eigenvalue weighted by Crippen LogP contribution is -2.52. The molecule has 116 valence electrons. The zero-order chi connectivity index (χ0) is 15.7. The largest absolute Gasteiger partial charge is 0.416 e. The van der Waals surface area contributed by atoms with Crippen molar-refractivity contribution in [1.29, 1.82) is 0 Å². The average molecular weight is 304 g/mol. The zero-order valence-corrected chi connectivity index (χ0v) is 11.5. The SMILES string of the molecule is CC1(NC(=O)c2cc(C(F)(F)F)ccc2F)CCNCC1. The molecule has 1 amide bonds. The Kier molecular flexibility index (Phi) is 4.22. The minimum absolute atomic E-state index is 0.539. The molecule has 0 aliphatic carbocycles. The van der Waals surface area contributed by atoms with Gasteiger partial charge in [0.1, 0.15) is 5.82 Å². The molecule has 1 aromatic carbocycles. The number of alkyl halides is 3. The lowest BCUT2D eigenvalue weighted by Gasteiger charge is -2.35. The van der Waals surface area contributed by atoms with Gasteiger partial charge in [0, 0.05) is 5.54 Å². The third kappa shape index (κ3) is 3.72. The topological polar surface area (TPSA) is 41.1 Å². The number of carbonyl (C=O) groups is 1. The molecule has 7 heteroatoms. The maximum atomic E-state index is 13.6. The third-order valence-corrected chi connectivity index (χ3v) is 3.66. The highest BCUT2D eigenvalue weighted by molar-refractivity contribution is 5.95. The fourth-order valence-electron chi connectivity index (χ4n) is 2.32. The maximum absolute atomic E-state index is 13.6. The molecule has 3 nitrogen and oxygen atoms in total. The van der Waals surface area contributed by atoms with Crippen LogP contribution in [0.1, 0.15) is 35.7 Å². The molecule has 1 aliphatic rings. The number of hydrogen-bond donors (Lipinski definition) is 2. The molecule has 1 heterocycles. The van der Waals surface area contributed by atoms with Gasteiger partial charge in [-0.3, -0.25) is 4.79 Å². The van der Waals surface area contributed by atoms with Gasteiger partial charge in [-0.25, -0.2) is 4.39 Å². The lowest BCUT2D eigenvalue weighted by molar-refractivity contribution is -0.137. The number of amides is 1. The summed E-state index contributed by atoms with van der Waals surface area (Å²) in [6, 6.07) is 1.84. The summed E-state index contributed by atoms with van der Waals surface area (Å²) < 4.78 is 51.6. The molecule has 2 N–H and O–H groups in total. The first kappa shape index (κ1) is 15.8. The van der Waals surface area contributed by atoms with Crippen LogP contribution in [-0.2, 0) is 6.18 Å². The third-order valence-electron chi connectivity index (χ3n) is 3.66. The van der Waals surface area contributed by atoms with Gasteiger partial charge in [-0.2, -0.15) is 13.2 Å². The molecule has 0 saturated carbocycles. The van der Waals surface area contributed by atoms with Crippen LogP contribution in [0.2, 0.25) is 0 Å². The van der Waals surface area contributed by atoms with Gasteiger partial charge in [0.15, 0.2) is 0 Å². The number of piperidine rings is 1. The molecule has 0 radical (unpaired) electrons. The Bertz CT molecular complexity index is 536. The Morgan fingerprint density at radius 2 is 1.90 bits per heavy atom. The van der Waals surface area contributed by atoms with Gasteiger partial charge in [-0.15, -0.1) is 0 Å². The van der Waals surface area contributed by atoms with Crippen LogP contribution >= 0.6 is 0 Å². The van der Waals surface area contributed by atoms with E-state index in [1.165, 1.54) is 0 Å². The molecule has 0 spiro atoms. The quantitative estimate of drug-likeness (QED) is 0.825. The Morgan fingerprint density at radius 1 is 1.29 bits per heavy atom. The van der Waals surface area contributed by atoms with Crippen LogP contribution in [0, 0.1) is 5.82 Å². The van der Waals surface area contributed by atoms with Crippen molar-refractivity contribution in [2.45, 2.75) is 31.5 Å². The number of hydrogen-bond acceptors (Lipinski definition) is 2. The highest BCUT2D eigenvalue weighted by Crippen LogP contribution is 2.30. The van der Waals surface area contributed by atoms with Crippen molar-refractivity contribution in [3.63, 3.8) is 0 Å². The van der Waals surface area contributed by atoms with Crippen molar-refractivity contribution in [3.05, 3.63) is 35.1 Å². The Balaban J connectivity index is 2.22. The first-order valence-electron chi connectivity index (χ1n) is 6.61. The zero-order valence-electron chi connectivity index (χ0n) is 11.5. The summed E-state index contributed by atoms with van der Waals surface area (Å²) in [5.74, 6) is -1.78. The molecular formula is C14H16F4N2O. The summed E-state index contributed by atoms with van der Waals surface area (Å²) in [6.45, 7) is 3.20. The van der Waals surface area contributed by atoms with Crippen LogP contribution in [0.5, 0.6) is 0 Å². The molecule has 21 heavy (non-hydrogen) atoms. The first-order chi connectivity index (χ1) is 9.71. The number of carbonyl (C=O) groups excluding carboxylic acids is 1. The molecule has 1 aromatic rings. The molecule has 2 rings (SSSR count). The van der Waals surface area contributed by atoms with Gasteiger partial charge in [-0.05, 0) is 51.1 Å². The van der Waals surface area contributed by atoms with E-state index < -0.39 is 34.6 Å². The van der Waals surface area contributed by atoms with Crippen molar-refractivity contribution in [1.82, 2.24) is 10.6 Å². The summed E-state index contributed by atoms with van der Waals surface area (Å²) >= 11 is 0.